The van der Waals surface area contributed by atoms with Crippen molar-refractivity contribution in [3.63, 3.8) is 0 Å². The standard InChI is InChI=1S/C13H17BrClN5O/c1-4-19-6-11(15)12(17-19)7-18(3)13(21)8-20-5-10(14)9(2)16-20/h5-6H,4,7-8H2,1-3H3. The van der Waals surface area contributed by atoms with E-state index in [2.05, 4.69) is 26.1 Å². The summed E-state index contributed by atoms with van der Waals surface area (Å²) in [6.45, 7) is 5.19. The first-order valence-electron chi connectivity index (χ1n) is 6.56. The van der Waals surface area contributed by atoms with Crippen molar-refractivity contribution < 1.29 is 4.79 Å². The molecule has 0 N–H and O–H groups in total. The molecule has 21 heavy (non-hydrogen) atoms. The second kappa shape index (κ2) is 6.62. The van der Waals surface area contributed by atoms with Gasteiger partial charge in [0, 0.05) is 26.0 Å². The molecule has 0 saturated carbocycles. The van der Waals surface area contributed by atoms with E-state index in [0.717, 1.165) is 16.7 Å². The summed E-state index contributed by atoms with van der Waals surface area (Å²) in [5.41, 5.74) is 1.56. The number of carbonyl (C=O) groups excluding carboxylic acids is 1. The van der Waals surface area contributed by atoms with Gasteiger partial charge in [0.1, 0.15) is 12.2 Å². The minimum atomic E-state index is -0.0490. The lowest BCUT2D eigenvalue weighted by atomic mass is 10.4. The third-order valence-corrected chi connectivity index (χ3v) is 4.20. The Labute approximate surface area is 136 Å². The van der Waals surface area contributed by atoms with Crippen LogP contribution in [-0.2, 0) is 24.4 Å². The molecule has 0 bridgehead atoms. The Morgan fingerprint density at radius 2 is 2.10 bits per heavy atom. The SMILES string of the molecule is CCn1cc(Cl)c(CN(C)C(=O)Cn2cc(Br)c(C)n2)n1. The molecule has 0 unspecified atom stereocenters. The van der Waals surface area contributed by atoms with Crippen LogP contribution in [0.15, 0.2) is 16.9 Å². The highest BCUT2D eigenvalue weighted by atomic mass is 79.9. The average Bonchev–Trinajstić information content (AvgIpc) is 2.93. The molecule has 0 aliphatic heterocycles. The maximum absolute atomic E-state index is 12.2. The molecule has 0 fully saturated rings. The summed E-state index contributed by atoms with van der Waals surface area (Å²) in [7, 11) is 1.73. The van der Waals surface area contributed by atoms with E-state index in [1.54, 1.807) is 33.7 Å². The highest BCUT2D eigenvalue weighted by molar-refractivity contribution is 9.10. The van der Waals surface area contributed by atoms with E-state index in [0.29, 0.717) is 17.3 Å². The molecular weight excluding hydrogens is 358 g/mol. The van der Waals surface area contributed by atoms with Crippen LogP contribution in [0.4, 0.5) is 0 Å². The summed E-state index contributed by atoms with van der Waals surface area (Å²) in [4.78, 5) is 13.8. The smallest absolute Gasteiger partial charge is 0.244 e. The van der Waals surface area contributed by atoms with Gasteiger partial charge in [0.15, 0.2) is 0 Å². The van der Waals surface area contributed by atoms with Gasteiger partial charge in [-0.2, -0.15) is 10.2 Å². The zero-order valence-electron chi connectivity index (χ0n) is 12.2. The Bertz CT molecular complexity index is 632. The lowest BCUT2D eigenvalue weighted by Crippen LogP contribution is -2.30. The monoisotopic (exact) mass is 373 g/mol. The highest BCUT2D eigenvalue weighted by Gasteiger charge is 2.15. The molecule has 0 aliphatic rings. The van der Waals surface area contributed by atoms with Gasteiger partial charge in [-0.05, 0) is 29.8 Å². The van der Waals surface area contributed by atoms with E-state index in [4.69, 9.17) is 11.6 Å². The second-order valence-electron chi connectivity index (χ2n) is 4.79. The summed E-state index contributed by atoms with van der Waals surface area (Å²) < 4.78 is 4.26. The van der Waals surface area contributed by atoms with Crippen molar-refractivity contribution in [1.29, 1.82) is 0 Å². The number of aryl methyl sites for hydroxylation is 2. The largest absolute Gasteiger partial charge is 0.338 e. The quantitative estimate of drug-likeness (QED) is 0.808. The first-order chi connectivity index (χ1) is 9.90. The maximum atomic E-state index is 12.2. The van der Waals surface area contributed by atoms with Gasteiger partial charge in [-0.3, -0.25) is 14.2 Å². The van der Waals surface area contributed by atoms with Gasteiger partial charge in [-0.1, -0.05) is 11.6 Å². The summed E-state index contributed by atoms with van der Waals surface area (Å²) in [6.07, 6.45) is 3.56. The van der Waals surface area contributed by atoms with E-state index in [1.807, 2.05) is 13.8 Å². The van der Waals surface area contributed by atoms with Crippen LogP contribution in [0, 0.1) is 6.92 Å². The van der Waals surface area contributed by atoms with Crippen LogP contribution in [0.3, 0.4) is 0 Å². The molecule has 0 spiro atoms. The van der Waals surface area contributed by atoms with Gasteiger partial charge in [0.25, 0.3) is 0 Å². The van der Waals surface area contributed by atoms with Gasteiger partial charge < -0.3 is 4.90 Å². The number of hydrogen-bond acceptors (Lipinski definition) is 3. The fraction of sp³-hybridized carbons (Fsp3) is 0.462. The van der Waals surface area contributed by atoms with Crippen LogP contribution in [0.1, 0.15) is 18.3 Å². The predicted octanol–water partition coefficient (Wildman–Crippen LogP) is 2.48. The zero-order valence-corrected chi connectivity index (χ0v) is 14.5. The molecule has 2 aromatic heterocycles. The van der Waals surface area contributed by atoms with Crippen molar-refractivity contribution in [3.8, 4) is 0 Å². The summed E-state index contributed by atoms with van der Waals surface area (Å²) in [5, 5.41) is 9.17. The predicted molar refractivity (Wildman–Crippen MR) is 84.0 cm³/mol. The number of nitrogens with zero attached hydrogens (tertiary/aromatic N) is 5. The lowest BCUT2D eigenvalue weighted by molar-refractivity contribution is -0.131. The van der Waals surface area contributed by atoms with Crippen LogP contribution in [0.25, 0.3) is 0 Å². The van der Waals surface area contributed by atoms with Crippen LogP contribution >= 0.6 is 27.5 Å². The molecule has 6 nitrogen and oxygen atoms in total. The van der Waals surface area contributed by atoms with E-state index >= 15 is 0 Å². The molecule has 0 aliphatic carbocycles. The number of hydrogen-bond donors (Lipinski definition) is 0. The number of likely N-dealkylation sites (N-methyl/N-ethyl adjacent to an activating group) is 1. The number of rotatable bonds is 5. The van der Waals surface area contributed by atoms with Gasteiger partial charge in [-0.15, -0.1) is 0 Å². The zero-order chi connectivity index (χ0) is 15.6. The van der Waals surface area contributed by atoms with Crippen molar-refractivity contribution in [2.45, 2.75) is 33.5 Å². The van der Waals surface area contributed by atoms with E-state index in [-0.39, 0.29) is 12.5 Å². The lowest BCUT2D eigenvalue weighted by Gasteiger charge is -2.16. The molecule has 1 amide bonds. The molecule has 0 aromatic carbocycles. The molecule has 0 radical (unpaired) electrons. The van der Waals surface area contributed by atoms with Crippen molar-refractivity contribution in [1.82, 2.24) is 24.5 Å². The Kier molecular flexibility index (Phi) is 5.05. The number of carbonyl (C=O) groups is 1. The number of halogens is 2. The fourth-order valence-electron chi connectivity index (χ4n) is 1.85. The van der Waals surface area contributed by atoms with Crippen molar-refractivity contribution in [2.24, 2.45) is 0 Å². The first-order valence-corrected chi connectivity index (χ1v) is 7.73. The molecule has 2 heterocycles. The summed E-state index contributed by atoms with van der Waals surface area (Å²) >= 11 is 9.49. The third-order valence-electron chi connectivity index (χ3n) is 3.11. The molecule has 2 rings (SSSR count). The normalized spacial score (nSPS) is 10.9. The maximum Gasteiger partial charge on any atom is 0.244 e. The molecular formula is C13H17BrClN5O. The number of amides is 1. The van der Waals surface area contributed by atoms with Crippen molar-refractivity contribution in [3.05, 3.63) is 33.3 Å². The number of aromatic nitrogens is 4. The van der Waals surface area contributed by atoms with Crippen LogP contribution < -0.4 is 0 Å². The van der Waals surface area contributed by atoms with Crippen LogP contribution in [-0.4, -0.2) is 37.4 Å². The summed E-state index contributed by atoms with van der Waals surface area (Å²) in [6, 6.07) is 0. The van der Waals surface area contributed by atoms with Gasteiger partial charge in [0.2, 0.25) is 5.91 Å². The summed E-state index contributed by atoms with van der Waals surface area (Å²) in [5.74, 6) is -0.0490. The van der Waals surface area contributed by atoms with Crippen LogP contribution in [0.5, 0.6) is 0 Å². The topological polar surface area (TPSA) is 56.0 Å². The molecule has 0 saturated heterocycles. The van der Waals surface area contributed by atoms with E-state index in [1.165, 1.54) is 0 Å². The Hall–Kier alpha value is -1.34. The van der Waals surface area contributed by atoms with Gasteiger partial charge in [-0.25, -0.2) is 0 Å². The van der Waals surface area contributed by atoms with Gasteiger partial charge in [0.05, 0.1) is 21.7 Å². The van der Waals surface area contributed by atoms with Gasteiger partial charge >= 0.3 is 0 Å². The third kappa shape index (κ3) is 3.85. The highest BCUT2D eigenvalue weighted by Crippen LogP contribution is 2.16. The Morgan fingerprint density at radius 3 is 2.62 bits per heavy atom. The van der Waals surface area contributed by atoms with Crippen molar-refractivity contribution in [2.75, 3.05) is 7.05 Å². The molecule has 0 atom stereocenters. The minimum absolute atomic E-state index is 0.0490. The molecule has 2 aromatic rings. The molecule has 114 valence electrons. The van der Waals surface area contributed by atoms with Crippen molar-refractivity contribution >= 4 is 33.4 Å². The second-order valence-corrected chi connectivity index (χ2v) is 6.05. The van der Waals surface area contributed by atoms with E-state index in [9.17, 15) is 4.79 Å². The Balaban J connectivity index is 2.00. The minimum Gasteiger partial charge on any atom is -0.338 e. The van der Waals surface area contributed by atoms with E-state index < -0.39 is 0 Å². The Morgan fingerprint density at radius 1 is 1.38 bits per heavy atom. The average molecular weight is 375 g/mol. The first kappa shape index (κ1) is 16.0. The molecule has 8 heteroatoms. The van der Waals surface area contributed by atoms with Crippen LogP contribution in [0.2, 0.25) is 5.02 Å². The fourth-order valence-corrected chi connectivity index (χ4v) is 2.38.